The summed E-state index contributed by atoms with van der Waals surface area (Å²) < 4.78 is 5.49. The maximum Gasteiger partial charge on any atom is 0.410 e. The molecule has 0 radical (unpaired) electrons. The van der Waals surface area contributed by atoms with E-state index in [1.807, 2.05) is 65.6 Å². The number of nitrogens with zero attached hydrogens (tertiary/aromatic N) is 3. The second-order valence-corrected chi connectivity index (χ2v) is 11.6. The highest BCUT2D eigenvalue weighted by Crippen LogP contribution is 2.22. The van der Waals surface area contributed by atoms with Gasteiger partial charge in [-0.15, -0.1) is 0 Å². The second kappa shape index (κ2) is 15.4. The second-order valence-electron chi connectivity index (χ2n) is 11.6. The number of hydrogen-bond acceptors (Lipinski definition) is 4. The molecule has 3 aromatic carbocycles. The molecule has 0 spiro atoms. The molecule has 1 N–H and O–H groups in total. The number of carbonyl (C=O) groups excluding carboxylic acids is 2. The van der Waals surface area contributed by atoms with Gasteiger partial charge in [0, 0.05) is 31.4 Å². The molecule has 2 heterocycles. The third kappa shape index (κ3) is 8.83. The summed E-state index contributed by atoms with van der Waals surface area (Å²) in [5.74, 6) is 0.757. The number of urea groups is 1. The Morgan fingerprint density at radius 2 is 1.36 bits per heavy atom. The van der Waals surface area contributed by atoms with Crippen molar-refractivity contribution in [3.63, 3.8) is 0 Å². The molecule has 222 valence electrons. The van der Waals surface area contributed by atoms with Crippen molar-refractivity contribution in [2.45, 2.75) is 51.2 Å². The Labute approximate surface area is 250 Å². The Kier molecular flexibility index (Phi) is 10.9. The zero-order chi connectivity index (χ0) is 29.0. The summed E-state index contributed by atoms with van der Waals surface area (Å²) in [7, 11) is 0. The van der Waals surface area contributed by atoms with Crippen LogP contribution in [0.1, 0.15) is 43.2 Å². The van der Waals surface area contributed by atoms with Crippen LogP contribution in [0.25, 0.3) is 0 Å². The van der Waals surface area contributed by atoms with Gasteiger partial charge in [-0.3, -0.25) is 4.90 Å². The molecule has 3 amide bonds. The smallest absolute Gasteiger partial charge is 0.410 e. The number of hydrogen-bond donors (Lipinski definition) is 1. The van der Waals surface area contributed by atoms with Gasteiger partial charge in [0.1, 0.15) is 6.61 Å². The van der Waals surface area contributed by atoms with Crippen molar-refractivity contribution in [1.29, 1.82) is 0 Å². The van der Waals surface area contributed by atoms with Crippen molar-refractivity contribution in [3.05, 3.63) is 102 Å². The van der Waals surface area contributed by atoms with E-state index in [0.29, 0.717) is 32.5 Å². The van der Waals surface area contributed by atoms with Crippen molar-refractivity contribution in [1.82, 2.24) is 15.1 Å². The van der Waals surface area contributed by atoms with Crippen LogP contribution in [0.4, 0.5) is 15.3 Å². The lowest BCUT2D eigenvalue weighted by atomic mass is 9.90. The molecule has 0 aliphatic carbocycles. The minimum absolute atomic E-state index is 0.0329. The lowest BCUT2D eigenvalue weighted by Crippen LogP contribution is -2.51. The van der Waals surface area contributed by atoms with Crippen LogP contribution in [0.15, 0.2) is 91.0 Å². The number of likely N-dealkylation sites (tertiary alicyclic amines) is 2. The van der Waals surface area contributed by atoms with E-state index >= 15 is 0 Å². The Morgan fingerprint density at radius 3 is 2.00 bits per heavy atom. The molecule has 5 rings (SSSR count). The van der Waals surface area contributed by atoms with Crippen molar-refractivity contribution in [3.8, 4) is 0 Å². The molecular formula is C35H44N4O3. The number of ether oxygens (including phenoxy) is 1. The average molecular weight is 569 g/mol. The van der Waals surface area contributed by atoms with Crippen LogP contribution in [0.5, 0.6) is 0 Å². The number of anilines is 1. The third-order valence-corrected chi connectivity index (χ3v) is 8.53. The highest BCUT2D eigenvalue weighted by Gasteiger charge is 2.27. The SMILES string of the molecule is O=C(OCc1ccccc1)N1CCC(NC(=O)N(CCCN2CCC(Cc3ccccc3)CC2)c2ccccc2)CC1. The van der Waals surface area contributed by atoms with Crippen LogP contribution in [0.3, 0.4) is 0 Å². The third-order valence-electron chi connectivity index (χ3n) is 8.53. The summed E-state index contributed by atoms with van der Waals surface area (Å²) in [5, 5.41) is 3.25. The van der Waals surface area contributed by atoms with Crippen LogP contribution >= 0.6 is 0 Å². The first kappa shape index (κ1) is 29.6. The van der Waals surface area contributed by atoms with E-state index in [2.05, 4.69) is 40.5 Å². The number of rotatable bonds is 10. The summed E-state index contributed by atoms with van der Waals surface area (Å²) >= 11 is 0. The van der Waals surface area contributed by atoms with Crippen LogP contribution in [-0.2, 0) is 17.8 Å². The summed E-state index contributed by atoms with van der Waals surface area (Å²) in [4.78, 5) is 32.2. The van der Waals surface area contributed by atoms with E-state index < -0.39 is 0 Å². The standard InChI is InChI=1S/C35H44N4O3/c40-34(36-32-19-25-38(26-20-32)35(41)42-28-31-13-6-2-7-14-31)39(33-15-8-3-9-16-33)22-10-21-37-23-17-30(18-24-37)27-29-11-4-1-5-12-29/h1-9,11-16,30,32H,10,17-28H2,(H,36,40). The number of amides is 3. The Bertz CT molecular complexity index is 1220. The van der Waals surface area contributed by atoms with Crippen LogP contribution in [0.2, 0.25) is 0 Å². The van der Waals surface area contributed by atoms with Gasteiger partial charge >= 0.3 is 12.1 Å². The van der Waals surface area contributed by atoms with E-state index in [1.54, 1.807) is 4.90 Å². The van der Waals surface area contributed by atoms with Crippen molar-refractivity contribution >= 4 is 17.8 Å². The largest absolute Gasteiger partial charge is 0.445 e. The van der Waals surface area contributed by atoms with E-state index in [1.165, 1.54) is 24.8 Å². The zero-order valence-corrected chi connectivity index (χ0v) is 24.6. The lowest BCUT2D eigenvalue weighted by molar-refractivity contribution is 0.0859. The van der Waals surface area contributed by atoms with Gasteiger partial charge in [0.05, 0.1) is 0 Å². The van der Waals surface area contributed by atoms with Crippen molar-refractivity contribution in [2.24, 2.45) is 5.92 Å². The van der Waals surface area contributed by atoms with Crippen LogP contribution < -0.4 is 10.2 Å². The number of para-hydroxylation sites is 1. The number of piperidine rings is 2. The molecule has 2 saturated heterocycles. The number of benzene rings is 3. The van der Waals surface area contributed by atoms with Gasteiger partial charge in [-0.05, 0) is 87.3 Å². The van der Waals surface area contributed by atoms with E-state index in [9.17, 15) is 9.59 Å². The van der Waals surface area contributed by atoms with E-state index in [0.717, 1.165) is 43.2 Å². The molecule has 7 heteroatoms. The number of carbonyl (C=O) groups is 2. The van der Waals surface area contributed by atoms with Crippen LogP contribution in [0, 0.1) is 5.92 Å². The van der Waals surface area contributed by atoms with E-state index in [4.69, 9.17) is 4.74 Å². The Balaban J connectivity index is 1.05. The maximum absolute atomic E-state index is 13.5. The first-order valence-corrected chi connectivity index (χ1v) is 15.5. The molecule has 0 saturated carbocycles. The van der Waals surface area contributed by atoms with Gasteiger partial charge in [0.15, 0.2) is 0 Å². The van der Waals surface area contributed by atoms with Gasteiger partial charge in [0.2, 0.25) is 0 Å². The normalized spacial score (nSPS) is 16.6. The fraction of sp³-hybridized carbons (Fsp3) is 0.429. The molecular weight excluding hydrogens is 524 g/mol. The predicted octanol–water partition coefficient (Wildman–Crippen LogP) is 6.35. The number of nitrogens with one attached hydrogen (secondary N) is 1. The first-order chi connectivity index (χ1) is 20.6. The van der Waals surface area contributed by atoms with Gasteiger partial charge in [-0.25, -0.2) is 9.59 Å². The first-order valence-electron chi connectivity index (χ1n) is 15.5. The molecule has 0 atom stereocenters. The van der Waals surface area contributed by atoms with Gasteiger partial charge in [-0.2, -0.15) is 0 Å². The molecule has 7 nitrogen and oxygen atoms in total. The van der Waals surface area contributed by atoms with Gasteiger partial charge in [0.25, 0.3) is 0 Å². The fourth-order valence-corrected chi connectivity index (χ4v) is 6.04. The summed E-state index contributed by atoms with van der Waals surface area (Å²) in [5.41, 5.74) is 3.33. The molecule has 0 aromatic heterocycles. The summed E-state index contributed by atoms with van der Waals surface area (Å²) in [6, 6.07) is 30.4. The lowest BCUT2D eigenvalue weighted by Gasteiger charge is -2.34. The van der Waals surface area contributed by atoms with Gasteiger partial charge < -0.3 is 19.9 Å². The average Bonchev–Trinajstić information content (AvgIpc) is 3.04. The Morgan fingerprint density at radius 1 is 0.762 bits per heavy atom. The highest BCUT2D eigenvalue weighted by molar-refractivity contribution is 5.92. The van der Waals surface area contributed by atoms with Gasteiger partial charge in [-0.1, -0.05) is 78.9 Å². The minimum atomic E-state index is -0.293. The maximum atomic E-state index is 13.5. The van der Waals surface area contributed by atoms with E-state index in [-0.39, 0.29) is 24.8 Å². The summed E-state index contributed by atoms with van der Waals surface area (Å²) in [6.45, 7) is 5.34. The molecule has 3 aromatic rings. The predicted molar refractivity (Wildman–Crippen MR) is 167 cm³/mol. The fourth-order valence-electron chi connectivity index (χ4n) is 6.04. The summed E-state index contributed by atoms with van der Waals surface area (Å²) in [6.07, 6.45) is 5.70. The minimum Gasteiger partial charge on any atom is -0.445 e. The molecule has 42 heavy (non-hydrogen) atoms. The molecule has 0 bridgehead atoms. The quantitative estimate of drug-likeness (QED) is 0.310. The monoisotopic (exact) mass is 568 g/mol. The molecule has 2 aliphatic rings. The molecule has 2 aliphatic heterocycles. The van der Waals surface area contributed by atoms with Crippen molar-refractivity contribution < 1.29 is 14.3 Å². The van der Waals surface area contributed by atoms with Crippen LogP contribution in [-0.4, -0.2) is 67.2 Å². The Hall–Kier alpha value is -3.84. The molecule has 0 unspecified atom stereocenters. The highest BCUT2D eigenvalue weighted by atomic mass is 16.6. The van der Waals surface area contributed by atoms with Crippen molar-refractivity contribution in [2.75, 3.05) is 44.2 Å². The topological polar surface area (TPSA) is 65.1 Å². The molecule has 2 fully saturated rings. The zero-order valence-electron chi connectivity index (χ0n) is 24.6.